The highest BCUT2D eigenvalue weighted by Crippen LogP contribution is 2.23. The number of carbonyl (C=O) groups excluding carboxylic acids is 2. The van der Waals surface area contributed by atoms with Crippen LogP contribution in [0, 0.1) is 11.3 Å². The summed E-state index contributed by atoms with van der Waals surface area (Å²) in [7, 11) is 1.56. The molecule has 15 heavy (non-hydrogen) atoms. The lowest BCUT2D eigenvalue weighted by Gasteiger charge is -2.12. The number of rotatable bonds is 2. The maximum Gasteiger partial charge on any atom is 0.350 e. The first-order valence-electron chi connectivity index (χ1n) is 4.68. The molecule has 1 aliphatic heterocycles. The highest BCUT2D eigenvalue weighted by molar-refractivity contribution is 5.95. The Labute approximate surface area is 87.9 Å². The zero-order valence-electron chi connectivity index (χ0n) is 8.74. The zero-order valence-corrected chi connectivity index (χ0v) is 8.74. The summed E-state index contributed by atoms with van der Waals surface area (Å²) in [6.45, 7) is 1.88. The number of nitrogens with zero attached hydrogens (tertiary/aromatic N) is 2. The molecule has 5 nitrogen and oxygen atoms in total. The maximum absolute atomic E-state index is 11.4. The lowest BCUT2D eigenvalue weighted by Crippen LogP contribution is -2.20. The number of amides is 1. The fourth-order valence-electron chi connectivity index (χ4n) is 1.44. The van der Waals surface area contributed by atoms with Gasteiger partial charge in [-0.3, -0.25) is 4.79 Å². The van der Waals surface area contributed by atoms with Crippen LogP contribution in [-0.2, 0) is 14.3 Å². The molecule has 1 rings (SSSR count). The minimum absolute atomic E-state index is 0.0646. The molecular weight excluding hydrogens is 196 g/mol. The van der Waals surface area contributed by atoms with Crippen molar-refractivity contribution in [1.29, 1.82) is 5.26 Å². The molecule has 5 heteroatoms. The van der Waals surface area contributed by atoms with Gasteiger partial charge in [-0.1, -0.05) is 0 Å². The summed E-state index contributed by atoms with van der Waals surface area (Å²) < 4.78 is 4.73. The predicted molar refractivity (Wildman–Crippen MR) is 51.3 cm³/mol. The largest absolute Gasteiger partial charge is 0.462 e. The molecule has 0 bridgehead atoms. The molecule has 0 aromatic heterocycles. The van der Waals surface area contributed by atoms with Gasteiger partial charge in [0.15, 0.2) is 5.57 Å². The molecular formula is C10H12N2O3. The Hall–Kier alpha value is -1.83. The predicted octanol–water partition coefficient (Wildman–Crippen LogP) is 0.579. The SMILES string of the molecule is CCOC(=O)/C(C#N)=C1\CCC(=O)N1C. The van der Waals surface area contributed by atoms with Crippen LogP contribution in [0.25, 0.3) is 0 Å². The fourth-order valence-corrected chi connectivity index (χ4v) is 1.44. The summed E-state index contributed by atoms with van der Waals surface area (Å²) in [6, 6.07) is 1.79. The van der Waals surface area contributed by atoms with E-state index in [1.54, 1.807) is 20.0 Å². The molecule has 1 saturated heterocycles. The third-order valence-electron chi connectivity index (χ3n) is 2.23. The molecule has 80 valence electrons. The van der Waals surface area contributed by atoms with Gasteiger partial charge in [-0.2, -0.15) is 5.26 Å². The first-order valence-corrected chi connectivity index (χ1v) is 4.68. The van der Waals surface area contributed by atoms with Gasteiger partial charge >= 0.3 is 5.97 Å². The lowest BCUT2D eigenvalue weighted by molar-refractivity contribution is -0.138. The van der Waals surface area contributed by atoms with E-state index in [1.807, 2.05) is 0 Å². The van der Waals surface area contributed by atoms with Crippen LogP contribution in [0.3, 0.4) is 0 Å². The van der Waals surface area contributed by atoms with Crippen LogP contribution < -0.4 is 0 Å². The highest BCUT2D eigenvalue weighted by Gasteiger charge is 2.28. The molecule has 1 fully saturated rings. The topological polar surface area (TPSA) is 70.4 Å². The van der Waals surface area contributed by atoms with E-state index in [2.05, 4.69) is 0 Å². The smallest absolute Gasteiger partial charge is 0.350 e. The Balaban J connectivity index is 3.00. The van der Waals surface area contributed by atoms with Gasteiger partial charge in [-0.05, 0) is 13.3 Å². The van der Waals surface area contributed by atoms with Crippen LogP contribution in [0.4, 0.5) is 0 Å². The molecule has 1 heterocycles. The molecule has 0 N–H and O–H groups in total. The van der Waals surface area contributed by atoms with E-state index < -0.39 is 5.97 Å². The average Bonchev–Trinajstić information content (AvgIpc) is 2.51. The number of nitriles is 1. The lowest BCUT2D eigenvalue weighted by atomic mass is 10.2. The van der Waals surface area contributed by atoms with Gasteiger partial charge in [0.05, 0.1) is 6.61 Å². The summed E-state index contributed by atoms with van der Waals surface area (Å²) in [6.07, 6.45) is 0.771. The van der Waals surface area contributed by atoms with E-state index in [4.69, 9.17) is 10.00 Å². The van der Waals surface area contributed by atoms with Gasteiger partial charge in [-0.15, -0.1) is 0 Å². The van der Waals surface area contributed by atoms with Crippen LogP contribution in [0.15, 0.2) is 11.3 Å². The van der Waals surface area contributed by atoms with Crippen molar-refractivity contribution in [3.05, 3.63) is 11.3 Å². The number of carbonyl (C=O) groups is 2. The van der Waals surface area contributed by atoms with Crippen molar-refractivity contribution in [2.24, 2.45) is 0 Å². The Kier molecular flexibility index (Phi) is 3.45. The average molecular weight is 208 g/mol. The third kappa shape index (κ3) is 2.15. The van der Waals surface area contributed by atoms with Crippen molar-refractivity contribution in [3.8, 4) is 6.07 Å². The maximum atomic E-state index is 11.4. The summed E-state index contributed by atoms with van der Waals surface area (Å²) in [4.78, 5) is 23.9. The number of likely N-dealkylation sites (tertiary alicyclic amines) is 1. The van der Waals surface area contributed by atoms with Crippen LogP contribution in [-0.4, -0.2) is 30.4 Å². The van der Waals surface area contributed by atoms with Crippen LogP contribution in [0.1, 0.15) is 19.8 Å². The molecule has 0 saturated carbocycles. The van der Waals surface area contributed by atoms with Gasteiger partial charge in [0, 0.05) is 19.2 Å². The van der Waals surface area contributed by atoms with Gasteiger partial charge in [0.25, 0.3) is 0 Å². The zero-order chi connectivity index (χ0) is 11.4. The minimum Gasteiger partial charge on any atom is -0.462 e. The van der Waals surface area contributed by atoms with Gasteiger partial charge in [-0.25, -0.2) is 4.79 Å². The van der Waals surface area contributed by atoms with Crippen molar-refractivity contribution < 1.29 is 14.3 Å². The molecule has 0 atom stereocenters. The second kappa shape index (κ2) is 4.60. The molecule has 1 aliphatic rings. The highest BCUT2D eigenvalue weighted by atomic mass is 16.5. The molecule has 0 aliphatic carbocycles. The van der Waals surface area contributed by atoms with E-state index in [-0.39, 0.29) is 18.1 Å². The molecule has 0 radical (unpaired) electrons. The fraction of sp³-hybridized carbons (Fsp3) is 0.500. The van der Waals surface area contributed by atoms with Crippen LogP contribution in [0.2, 0.25) is 0 Å². The number of allylic oxidation sites excluding steroid dienone is 1. The first-order chi connectivity index (χ1) is 7.11. The van der Waals surface area contributed by atoms with E-state index in [0.717, 1.165) is 0 Å². The summed E-state index contributed by atoms with van der Waals surface area (Å²) in [5.41, 5.74) is 0.395. The normalized spacial score (nSPS) is 18.7. The third-order valence-corrected chi connectivity index (χ3v) is 2.23. The van der Waals surface area contributed by atoms with E-state index in [1.165, 1.54) is 4.90 Å². The Morgan fingerprint density at radius 2 is 2.27 bits per heavy atom. The van der Waals surface area contributed by atoms with E-state index >= 15 is 0 Å². The van der Waals surface area contributed by atoms with Gasteiger partial charge in [0.2, 0.25) is 5.91 Å². The second-order valence-corrected chi connectivity index (χ2v) is 3.11. The second-order valence-electron chi connectivity index (χ2n) is 3.11. The van der Waals surface area contributed by atoms with E-state index in [9.17, 15) is 9.59 Å². The molecule has 1 amide bonds. The molecule has 0 aromatic carbocycles. The van der Waals surface area contributed by atoms with Crippen molar-refractivity contribution in [1.82, 2.24) is 4.90 Å². The van der Waals surface area contributed by atoms with Crippen molar-refractivity contribution in [2.45, 2.75) is 19.8 Å². The number of hydrogen-bond acceptors (Lipinski definition) is 4. The molecule has 0 unspecified atom stereocenters. The summed E-state index contributed by atoms with van der Waals surface area (Å²) in [5, 5.41) is 8.84. The molecule has 0 aromatic rings. The van der Waals surface area contributed by atoms with Crippen molar-refractivity contribution in [3.63, 3.8) is 0 Å². The number of ether oxygens (including phenoxy) is 1. The quantitative estimate of drug-likeness (QED) is 0.378. The van der Waals surface area contributed by atoms with Gasteiger partial charge < -0.3 is 9.64 Å². The monoisotopic (exact) mass is 208 g/mol. The first kappa shape index (κ1) is 11.2. The van der Waals surface area contributed by atoms with Crippen molar-refractivity contribution in [2.75, 3.05) is 13.7 Å². The Bertz CT molecular complexity index is 365. The van der Waals surface area contributed by atoms with Crippen LogP contribution in [0.5, 0.6) is 0 Å². The summed E-state index contributed by atoms with van der Waals surface area (Å²) >= 11 is 0. The van der Waals surface area contributed by atoms with Crippen LogP contribution >= 0.6 is 0 Å². The minimum atomic E-state index is -0.656. The Morgan fingerprint density at radius 1 is 1.60 bits per heavy atom. The number of hydrogen-bond donors (Lipinski definition) is 0. The van der Waals surface area contributed by atoms with Crippen molar-refractivity contribution >= 4 is 11.9 Å². The number of esters is 1. The summed E-state index contributed by atoms with van der Waals surface area (Å²) in [5.74, 6) is -0.737. The van der Waals surface area contributed by atoms with Gasteiger partial charge in [0.1, 0.15) is 6.07 Å². The Morgan fingerprint density at radius 3 is 2.67 bits per heavy atom. The van der Waals surface area contributed by atoms with E-state index in [0.29, 0.717) is 18.5 Å². The molecule has 0 spiro atoms. The standard InChI is InChI=1S/C10H12N2O3/c1-3-15-10(14)7(6-11)8-4-5-9(13)12(8)2/h3-5H2,1-2H3/b8-7+.